The third-order valence-electron chi connectivity index (χ3n) is 3.47. The van der Waals surface area contributed by atoms with Gasteiger partial charge in [0.15, 0.2) is 0 Å². The van der Waals surface area contributed by atoms with Gasteiger partial charge in [-0.05, 0) is 24.5 Å². The molecule has 1 aromatic rings. The van der Waals surface area contributed by atoms with Gasteiger partial charge in [0.25, 0.3) is 0 Å². The monoisotopic (exact) mass is 173 g/mol. The minimum atomic E-state index is 0.742. The standard InChI is InChI=1S/C12H15N/c1-3-7-11-9(5-1)10-6-2-4-8-12(10)13-11/h1,3,5,7,10,12-13H,2,4,6,8H2. The molecule has 1 nitrogen and oxygen atoms in total. The molecule has 1 N–H and O–H groups in total. The van der Waals surface area contributed by atoms with Crippen molar-refractivity contribution >= 4 is 5.69 Å². The summed E-state index contributed by atoms with van der Waals surface area (Å²) < 4.78 is 0. The molecule has 1 heteroatoms. The predicted molar refractivity (Wildman–Crippen MR) is 55.1 cm³/mol. The second-order valence-electron chi connectivity index (χ2n) is 4.23. The minimum Gasteiger partial charge on any atom is -0.381 e. The first-order valence-corrected chi connectivity index (χ1v) is 5.30. The van der Waals surface area contributed by atoms with Crippen molar-refractivity contribution in [3.63, 3.8) is 0 Å². The molecule has 0 radical (unpaired) electrons. The molecular weight excluding hydrogens is 158 g/mol. The van der Waals surface area contributed by atoms with Crippen molar-refractivity contribution in [2.24, 2.45) is 0 Å². The summed E-state index contributed by atoms with van der Waals surface area (Å²) in [5.41, 5.74) is 2.95. The highest BCUT2D eigenvalue weighted by atomic mass is 15.0. The summed E-state index contributed by atoms with van der Waals surface area (Å²) in [5, 5.41) is 3.64. The molecule has 1 aromatic carbocycles. The lowest BCUT2D eigenvalue weighted by Gasteiger charge is -2.25. The van der Waals surface area contributed by atoms with Crippen LogP contribution in [0.2, 0.25) is 0 Å². The molecule has 1 fully saturated rings. The average Bonchev–Trinajstić information content (AvgIpc) is 2.56. The quantitative estimate of drug-likeness (QED) is 0.635. The highest BCUT2D eigenvalue weighted by molar-refractivity contribution is 5.59. The topological polar surface area (TPSA) is 12.0 Å². The van der Waals surface area contributed by atoms with Gasteiger partial charge in [0.1, 0.15) is 0 Å². The van der Waals surface area contributed by atoms with Crippen LogP contribution in [-0.4, -0.2) is 6.04 Å². The van der Waals surface area contributed by atoms with Crippen LogP contribution in [0.4, 0.5) is 5.69 Å². The molecule has 0 aromatic heterocycles. The maximum Gasteiger partial charge on any atom is 0.0378 e. The van der Waals surface area contributed by atoms with Gasteiger partial charge in [-0.15, -0.1) is 0 Å². The molecule has 0 bridgehead atoms. The summed E-state index contributed by atoms with van der Waals surface area (Å²) in [6.45, 7) is 0. The Morgan fingerprint density at radius 3 is 2.92 bits per heavy atom. The Balaban J connectivity index is 2.01. The smallest absolute Gasteiger partial charge is 0.0378 e. The number of nitrogens with one attached hydrogen (secondary N) is 1. The van der Waals surface area contributed by atoms with Crippen molar-refractivity contribution in [2.75, 3.05) is 5.32 Å². The van der Waals surface area contributed by atoms with Crippen molar-refractivity contribution in [3.05, 3.63) is 29.8 Å². The van der Waals surface area contributed by atoms with E-state index in [4.69, 9.17) is 0 Å². The van der Waals surface area contributed by atoms with E-state index in [1.807, 2.05) is 0 Å². The molecule has 1 aliphatic heterocycles. The van der Waals surface area contributed by atoms with E-state index in [-0.39, 0.29) is 0 Å². The van der Waals surface area contributed by atoms with Gasteiger partial charge in [-0.3, -0.25) is 0 Å². The van der Waals surface area contributed by atoms with E-state index in [2.05, 4.69) is 29.6 Å². The largest absolute Gasteiger partial charge is 0.381 e. The van der Waals surface area contributed by atoms with Gasteiger partial charge in [-0.25, -0.2) is 0 Å². The normalized spacial score (nSPS) is 30.5. The Kier molecular flexibility index (Phi) is 1.58. The summed E-state index contributed by atoms with van der Waals surface area (Å²) in [4.78, 5) is 0. The van der Waals surface area contributed by atoms with Crippen molar-refractivity contribution < 1.29 is 0 Å². The Hall–Kier alpha value is -0.980. The second kappa shape index (κ2) is 2.76. The van der Waals surface area contributed by atoms with E-state index in [1.54, 1.807) is 5.56 Å². The number of fused-ring (bicyclic) bond motifs is 3. The van der Waals surface area contributed by atoms with Gasteiger partial charge >= 0.3 is 0 Å². The van der Waals surface area contributed by atoms with Gasteiger partial charge in [0, 0.05) is 17.6 Å². The molecule has 1 saturated carbocycles. The maximum absolute atomic E-state index is 3.64. The number of hydrogen-bond donors (Lipinski definition) is 1. The summed E-state index contributed by atoms with van der Waals surface area (Å²) in [6.07, 6.45) is 5.56. The fourth-order valence-electron chi connectivity index (χ4n) is 2.83. The Labute approximate surface area is 79.2 Å². The lowest BCUT2D eigenvalue weighted by Crippen LogP contribution is -2.23. The molecule has 2 aliphatic rings. The molecule has 3 rings (SSSR count). The van der Waals surface area contributed by atoms with Gasteiger partial charge < -0.3 is 5.32 Å². The minimum absolute atomic E-state index is 0.742. The van der Waals surface area contributed by atoms with Crippen molar-refractivity contribution in [1.29, 1.82) is 0 Å². The van der Waals surface area contributed by atoms with E-state index in [0.717, 1.165) is 12.0 Å². The number of benzene rings is 1. The van der Waals surface area contributed by atoms with Crippen LogP contribution < -0.4 is 5.32 Å². The summed E-state index contributed by atoms with van der Waals surface area (Å²) in [6, 6.07) is 9.54. The summed E-state index contributed by atoms with van der Waals surface area (Å²) >= 11 is 0. The molecule has 0 saturated heterocycles. The van der Waals surface area contributed by atoms with Crippen LogP contribution in [0.25, 0.3) is 0 Å². The highest BCUT2D eigenvalue weighted by Gasteiger charge is 2.33. The third kappa shape index (κ3) is 1.06. The zero-order valence-electron chi connectivity index (χ0n) is 7.79. The molecule has 1 aliphatic carbocycles. The number of para-hydroxylation sites is 1. The molecule has 0 spiro atoms. The van der Waals surface area contributed by atoms with Crippen LogP contribution >= 0.6 is 0 Å². The predicted octanol–water partition coefficient (Wildman–Crippen LogP) is 3.14. The van der Waals surface area contributed by atoms with Gasteiger partial charge in [0.2, 0.25) is 0 Å². The van der Waals surface area contributed by atoms with E-state index in [0.29, 0.717) is 0 Å². The SMILES string of the molecule is c1ccc2c(c1)NC1CCCCC21. The molecular formula is C12H15N. The van der Waals surface area contributed by atoms with E-state index in [1.165, 1.54) is 31.4 Å². The molecule has 0 amide bonds. The fraction of sp³-hybridized carbons (Fsp3) is 0.500. The number of rotatable bonds is 0. The first-order valence-electron chi connectivity index (χ1n) is 5.30. The Morgan fingerprint density at radius 1 is 1.08 bits per heavy atom. The van der Waals surface area contributed by atoms with E-state index >= 15 is 0 Å². The van der Waals surface area contributed by atoms with Crippen LogP contribution in [0.3, 0.4) is 0 Å². The summed E-state index contributed by atoms with van der Waals surface area (Å²) in [7, 11) is 0. The number of anilines is 1. The molecule has 13 heavy (non-hydrogen) atoms. The summed E-state index contributed by atoms with van der Waals surface area (Å²) in [5.74, 6) is 0.810. The van der Waals surface area contributed by atoms with E-state index in [9.17, 15) is 0 Å². The zero-order chi connectivity index (χ0) is 8.67. The molecule has 2 atom stereocenters. The second-order valence-corrected chi connectivity index (χ2v) is 4.23. The third-order valence-corrected chi connectivity index (χ3v) is 3.47. The Bertz CT molecular complexity index is 319. The molecule has 68 valence electrons. The van der Waals surface area contributed by atoms with Crippen LogP contribution in [-0.2, 0) is 0 Å². The lowest BCUT2D eigenvalue weighted by atomic mass is 9.83. The lowest BCUT2D eigenvalue weighted by molar-refractivity contribution is 0.422. The highest BCUT2D eigenvalue weighted by Crippen LogP contribution is 2.43. The first-order chi connectivity index (χ1) is 6.45. The van der Waals surface area contributed by atoms with Crippen LogP contribution in [0.15, 0.2) is 24.3 Å². The molecule has 1 heterocycles. The van der Waals surface area contributed by atoms with Crippen molar-refractivity contribution in [3.8, 4) is 0 Å². The van der Waals surface area contributed by atoms with Crippen molar-refractivity contribution in [1.82, 2.24) is 0 Å². The van der Waals surface area contributed by atoms with E-state index < -0.39 is 0 Å². The van der Waals surface area contributed by atoms with Crippen molar-refractivity contribution in [2.45, 2.75) is 37.6 Å². The van der Waals surface area contributed by atoms with Crippen LogP contribution in [0.1, 0.15) is 37.2 Å². The fourth-order valence-corrected chi connectivity index (χ4v) is 2.83. The van der Waals surface area contributed by atoms with Gasteiger partial charge in [-0.1, -0.05) is 31.0 Å². The van der Waals surface area contributed by atoms with Crippen LogP contribution in [0.5, 0.6) is 0 Å². The van der Waals surface area contributed by atoms with Crippen LogP contribution in [0, 0.1) is 0 Å². The Morgan fingerprint density at radius 2 is 1.92 bits per heavy atom. The maximum atomic E-state index is 3.64. The molecule has 2 unspecified atom stereocenters. The number of hydrogen-bond acceptors (Lipinski definition) is 1. The van der Waals surface area contributed by atoms with Gasteiger partial charge in [-0.2, -0.15) is 0 Å². The zero-order valence-corrected chi connectivity index (χ0v) is 7.79. The first kappa shape index (κ1) is 7.43. The van der Waals surface area contributed by atoms with Gasteiger partial charge in [0.05, 0.1) is 0 Å². The average molecular weight is 173 g/mol.